The summed E-state index contributed by atoms with van der Waals surface area (Å²) in [6.45, 7) is 5.99. The van der Waals surface area contributed by atoms with Crippen LogP contribution in [0.25, 0.3) is 22.3 Å². The number of aromatic nitrogens is 4. The minimum Gasteiger partial charge on any atom is -0.473 e. The van der Waals surface area contributed by atoms with Gasteiger partial charge in [-0.15, -0.1) is 0 Å². The number of anilines is 1. The van der Waals surface area contributed by atoms with Crippen molar-refractivity contribution in [1.29, 1.82) is 0 Å². The van der Waals surface area contributed by atoms with Crippen molar-refractivity contribution in [3.05, 3.63) is 70.8 Å². The number of ether oxygens (including phenoxy) is 1. The van der Waals surface area contributed by atoms with Crippen LogP contribution in [0.2, 0.25) is 5.02 Å². The zero-order valence-corrected chi connectivity index (χ0v) is 19.9. The van der Waals surface area contributed by atoms with Crippen LogP contribution in [-0.2, 0) is 6.54 Å². The maximum Gasteiger partial charge on any atom is 0.213 e. The molecule has 0 radical (unpaired) electrons. The molecule has 33 heavy (non-hydrogen) atoms. The molecule has 0 fully saturated rings. The summed E-state index contributed by atoms with van der Waals surface area (Å²) in [5.41, 5.74) is 2.42. The Morgan fingerprint density at radius 3 is 2.61 bits per heavy atom. The molecule has 0 saturated carbocycles. The minimum absolute atomic E-state index is 0.0737. The average molecular weight is 488 g/mol. The van der Waals surface area contributed by atoms with Crippen LogP contribution >= 0.6 is 19.5 Å². The summed E-state index contributed by atoms with van der Waals surface area (Å²) in [6, 6.07) is 7.53. The summed E-state index contributed by atoms with van der Waals surface area (Å²) in [7, 11) is -0.222. The van der Waals surface area contributed by atoms with Gasteiger partial charge in [0, 0.05) is 30.1 Å². The van der Waals surface area contributed by atoms with E-state index in [1.165, 1.54) is 30.6 Å². The predicted molar refractivity (Wildman–Crippen MR) is 128 cm³/mol. The van der Waals surface area contributed by atoms with E-state index in [0.29, 0.717) is 45.2 Å². The number of fused-ring (bicyclic) bond motifs is 1. The van der Waals surface area contributed by atoms with E-state index in [1.54, 1.807) is 19.1 Å². The molecule has 4 rings (SSSR count). The van der Waals surface area contributed by atoms with Crippen LogP contribution in [0.5, 0.6) is 5.88 Å². The lowest BCUT2D eigenvalue weighted by atomic mass is 10.1. The maximum absolute atomic E-state index is 15.0. The Bertz CT molecular complexity index is 1300. The average Bonchev–Trinajstić information content (AvgIpc) is 2.79. The van der Waals surface area contributed by atoms with Gasteiger partial charge in [0.1, 0.15) is 23.4 Å². The van der Waals surface area contributed by atoms with Crippen molar-refractivity contribution in [3.63, 3.8) is 0 Å². The summed E-state index contributed by atoms with van der Waals surface area (Å²) in [5, 5.41) is 3.42. The van der Waals surface area contributed by atoms with Crippen molar-refractivity contribution in [1.82, 2.24) is 19.9 Å². The van der Waals surface area contributed by atoms with Gasteiger partial charge in [-0.05, 0) is 38.5 Å². The molecule has 0 aliphatic rings. The first kappa shape index (κ1) is 23.2. The molecule has 4 heterocycles. The third-order valence-electron chi connectivity index (χ3n) is 4.77. The Kier molecular flexibility index (Phi) is 6.96. The molecule has 0 unspecified atom stereocenters. The second kappa shape index (κ2) is 9.89. The second-order valence-electron chi connectivity index (χ2n) is 7.60. The molecule has 0 bridgehead atoms. The van der Waals surface area contributed by atoms with E-state index in [-0.39, 0.29) is 25.9 Å². The Morgan fingerprint density at radius 2 is 1.91 bits per heavy atom. The molecule has 0 atom stereocenters. The molecule has 0 amide bonds. The van der Waals surface area contributed by atoms with Crippen molar-refractivity contribution in [2.75, 3.05) is 25.0 Å². The van der Waals surface area contributed by atoms with Gasteiger partial charge in [-0.25, -0.2) is 23.7 Å². The molecule has 0 aromatic carbocycles. The van der Waals surface area contributed by atoms with Gasteiger partial charge in [-0.1, -0.05) is 19.5 Å². The van der Waals surface area contributed by atoms with E-state index in [9.17, 15) is 8.78 Å². The van der Waals surface area contributed by atoms with E-state index < -0.39 is 11.6 Å². The summed E-state index contributed by atoms with van der Waals surface area (Å²) in [4.78, 5) is 17.2. The monoisotopic (exact) mass is 487 g/mol. The van der Waals surface area contributed by atoms with Crippen LogP contribution in [0.1, 0.15) is 11.4 Å². The van der Waals surface area contributed by atoms with Crippen LogP contribution in [-0.4, -0.2) is 39.6 Å². The normalized spacial score (nSPS) is 11.2. The smallest absolute Gasteiger partial charge is 0.213 e. The van der Waals surface area contributed by atoms with Gasteiger partial charge >= 0.3 is 0 Å². The van der Waals surface area contributed by atoms with Gasteiger partial charge in [0.15, 0.2) is 5.82 Å². The fourth-order valence-electron chi connectivity index (χ4n) is 3.15. The quantitative estimate of drug-likeness (QED) is 0.321. The van der Waals surface area contributed by atoms with Crippen molar-refractivity contribution in [2.45, 2.75) is 13.5 Å². The van der Waals surface area contributed by atoms with Gasteiger partial charge in [0.2, 0.25) is 5.88 Å². The van der Waals surface area contributed by atoms with Crippen molar-refractivity contribution in [2.24, 2.45) is 0 Å². The highest BCUT2D eigenvalue weighted by molar-refractivity contribution is 7.55. The number of hydrogen-bond acceptors (Lipinski definition) is 6. The molecule has 6 nitrogen and oxygen atoms in total. The van der Waals surface area contributed by atoms with Gasteiger partial charge in [-0.3, -0.25) is 4.98 Å². The van der Waals surface area contributed by atoms with E-state index >= 15 is 0 Å². The van der Waals surface area contributed by atoms with Crippen molar-refractivity contribution < 1.29 is 13.5 Å². The Hall–Kier alpha value is -2.96. The summed E-state index contributed by atoms with van der Waals surface area (Å²) >= 11 is 6.50. The molecular weight excluding hydrogens is 467 g/mol. The highest BCUT2D eigenvalue weighted by atomic mass is 35.5. The lowest BCUT2D eigenvalue weighted by Gasteiger charge is -2.14. The molecule has 1 N–H and O–H groups in total. The van der Waals surface area contributed by atoms with Gasteiger partial charge in [0.25, 0.3) is 0 Å². The fraction of sp³-hybridized carbons (Fsp3) is 0.217. The molecule has 0 aliphatic heterocycles. The third-order valence-corrected chi connectivity index (χ3v) is 5.87. The highest BCUT2D eigenvalue weighted by Gasteiger charge is 2.18. The molecule has 4 aromatic rings. The largest absolute Gasteiger partial charge is 0.473 e. The van der Waals surface area contributed by atoms with Gasteiger partial charge in [0.05, 0.1) is 34.2 Å². The van der Waals surface area contributed by atoms with E-state index in [1.807, 2.05) is 0 Å². The van der Waals surface area contributed by atoms with E-state index in [0.717, 1.165) is 0 Å². The maximum atomic E-state index is 15.0. The minimum atomic E-state index is -0.542. The van der Waals surface area contributed by atoms with Gasteiger partial charge < -0.3 is 10.1 Å². The molecular formula is C23H21ClF2N5OP. The molecule has 10 heteroatoms. The van der Waals surface area contributed by atoms with Gasteiger partial charge in [-0.2, -0.15) is 0 Å². The number of pyridine rings is 4. The number of aryl methyl sites for hydroxylation is 1. The number of hydrogen-bond donors (Lipinski definition) is 1. The van der Waals surface area contributed by atoms with Crippen molar-refractivity contribution >= 4 is 36.2 Å². The second-order valence-corrected chi connectivity index (χ2v) is 10.4. The number of rotatable bonds is 7. The van der Waals surface area contributed by atoms with Crippen LogP contribution in [0, 0.1) is 18.6 Å². The molecule has 0 saturated heterocycles. The number of halogens is 3. The zero-order chi connectivity index (χ0) is 23.5. The lowest BCUT2D eigenvalue weighted by molar-refractivity contribution is 0.373. The summed E-state index contributed by atoms with van der Waals surface area (Å²) < 4.78 is 34.6. The first-order chi connectivity index (χ1) is 15.8. The molecule has 0 spiro atoms. The Labute approximate surface area is 196 Å². The van der Waals surface area contributed by atoms with Crippen LogP contribution < -0.4 is 10.1 Å². The van der Waals surface area contributed by atoms with Crippen LogP contribution in [0.15, 0.2) is 42.7 Å². The molecule has 170 valence electrons. The Balaban J connectivity index is 1.72. The SMILES string of the molecule is Cc1nc2cc(F)c(-c3ccc(OCP(C)C)nc3)nc2c(NCc2ncccc2F)c1Cl. The standard InChI is InChI=1S/C23H21ClF2N5OP/c1-13-20(24)23(29-11-18-15(25)5-4-8-27-18)22-17(30-13)9-16(26)21(31-22)14-6-7-19(28-10-14)32-12-33(2)3/h4-10H,11-12H2,1-3H3,(H,29,30). The zero-order valence-electron chi connectivity index (χ0n) is 18.2. The molecule has 0 aliphatic carbocycles. The number of nitrogens with zero attached hydrogens (tertiary/aromatic N) is 4. The topological polar surface area (TPSA) is 72.8 Å². The fourth-order valence-corrected chi connectivity index (χ4v) is 3.74. The highest BCUT2D eigenvalue weighted by Crippen LogP contribution is 2.34. The first-order valence-electron chi connectivity index (χ1n) is 10.1. The Morgan fingerprint density at radius 1 is 1.09 bits per heavy atom. The summed E-state index contributed by atoms with van der Waals surface area (Å²) in [6.07, 6.45) is 3.62. The van der Waals surface area contributed by atoms with Crippen molar-refractivity contribution in [3.8, 4) is 17.1 Å². The predicted octanol–water partition coefficient (Wildman–Crippen LogP) is 6.02. The van der Waals surface area contributed by atoms with E-state index in [2.05, 4.69) is 38.6 Å². The van der Waals surface area contributed by atoms with E-state index in [4.69, 9.17) is 16.3 Å². The first-order valence-corrected chi connectivity index (χ1v) is 12.9. The number of nitrogens with one attached hydrogen (secondary N) is 1. The van der Waals surface area contributed by atoms with Crippen LogP contribution in [0.3, 0.4) is 0 Å². The lowest BCUT2D eigenvalue weighted by Crippen LogP contribution is -2.07. The third kappa shape index (κ3) is 5.18. The van der Waals surface area contributed by atoms with Crippen LogP contribution in [0.4, 0.5) is 14.5 Å². The molecule has 4 aromatic heterocycles. The summed E-state index contributed by atoms with van der Waals surface area (Å²) in [5.74, 6) is -0.515.